The number of methoxy groups -OCH3 is 1. The fourth-order valence-corrected chi connectivity index (χ4v) is 1.87. The molecule has 0 saturated heterocycles. The predicted molar refractivity (Wildman–Crippen MR) is 60.7 cm³/mol. The summed E-state index contributed by atoms with van der Waals surface area (Å²) in [6, 6.07) is 5.87. The molecule has 0 radical (unpaired) electrons. The van der Waals surface area contributed by atoms with Crippen molar-refractivity contribution in [2.24, 2.45) is 0 Å². The Balaban J connectivity index is 2.28. The van der Waals surface area contributed by atoms with Gasteiger partial charge in [-0.25, -0.2) is 9.78 Å². The SMILES string of the molecule is COC(=O)C=Cc1ccc2scnc2c1. The number of carbonyl (C=O) groups excluding carboxylic acids is 1. The first-order chi connectivity index (χ1) is 7.29. The Labute approximate surface area is 91.0 Å². The third-order valence-electron chi connectivity index (χ3n) is 1.97. The van der Waals surface area contributed by atoms with Gasteiger partial charge in [-0.15, -0.1) is 11.3 Å². The largest absolute Gasteiger partial charge is 0.466 e. The lowest BCUT2D eigenvalue weighted by Gasteiger charge is -1.93. The van der Waals surface area contributed by atoms with Gasteiger partial charge in [0.1, 0.15) is 0 Å². The average molecular weight is 219 g/mol. The molecule has 0 fully saturated rings. The number of fused-ring (bicyclic) bond motifs is 1. The van der Waals surface area contributed by atoms with Crippen LogP contribution in [0.1, 0.15) is 5.56 Å². The summed E-state index contributed by atoms with van der Waals surface area (Å²) < 4.78 is 5.65. The quantitative estimate of drug-likeness (QED) is 0.575. The Kier molecular flexibility index (Phi) is 2.78. The van der Waals surface area contributed by atoms with Gasteiger partial charge in [0.25, 0.3) is 0 Å². The van der Waals surface area contributed by atoms with Crippen molar-refractivity contribution in [3.8, 4) is 0 Å². The molecule has 15 heavy (non-hydrogen) atoms. The van der Waals surface area contributed by atoms with Crippen LogP contribution in [0.15, 0.2) is 29.8 Å². The van der Waals surface area contributed by atoms with E-state index in [0.29, 0.717) is 0 Å². The van der Waals surface area contributed by atoms with E-state index in [1.807, 2.05) is 18.2 Å². The number of aromatic nitrogens is 1. The topological polar surface area (TPSA) is 39.2 Å². The Morgan fingerprint density at radius 2 is 2.40 bits per heavy atom. The summed E-state index contributed by atoms with van der Waals surface area (Å²) in [5.74, 6) is -0.353. The zero-order valence-electron chi connectivity index (χ0n) is 8.14. The molecule has 0 saturated carbocycles. The number of carbonyl (C=O) groups is 1. The molecule has 1 heterocycles. The normalized spacial score (nSPS) is 11.0. The first kappa shape index (κ1) is 9.86. The summed E-state index contributed by atoms with van der Waals surface area (Å²) in [5.41, 5.74) is 3.70. The van der Waals surface area contributed by atoms with E-state index in [9.17, 15) is 4.79 Å². The minimum absolute atomic E-state index is 0.353. The summed E-state index contributed by atoms with van der Waals surface area (Å²) in [5, 5.41) is 0. The highest BCUT2D eigenvalue weighted by Gasteiger charge is 1.97. The van der Waals surface area contributed by atoms with Crippen LogP contribution in [-0.2, 0) is 9.53 Å². The Morgan fingerprint density at radius 1 is 1.53 bits per heavy atom. The molecule has 0 aliphatic carbocycles. The Hall–Kier alpha value is -1.68. The summed E-state index contributed by atoms with van der Waals surface area (Å²) in [6.07, 6.45) is 3.11. The van der Waals surface area contributed by atoms with E-state index in [-0.39, 0.29) is 5.97 Å². The maximum atomic E-state index is 10.9. The van der Waals surface area contributed by atoms with Gasteiger partial charge in [-0.3, -0.25) is 0 Å². The molecule has 2 rings (SSSR count). The van der Waals surface area contributed by atoms with Crippen molar-refractivity contribution in [3.63, 3.8) is 0 Å². The molecule has 2 aromatic rings. The third kappa shape index (κ3) is 2.22. The Morgan fingerprint density at radius 3 is 3.20 bits per heavy atom. The number of esters is 1. The van der Waals surface area contributed by atoms with Gasteiger partial charge < -0.3 is 4.74 Å². The molecule has 0 amide bonds. The van der Waals surface area contributed by atoms with Crippen LogP contribution < -0.4 is 0 Å². The van der Waals surface area contributed by atoms with E-state index in [0.717, 1.165) is 15.8 Å². The second-order valence-corrected chi connectivity index (χ2v) is 3.82. The van der Waals surface area contributed by atoms with E-state index in [2.05, 4.69) is 9.72 Å². The van der Waals surface area contributed by atoms with Gasteiger partial charge in [-0.2, -0.15) is 0 Å². The number of benzene rings is 1. The first-order valence-corrected chi connectivity index (χ1v) is 5.27. The van der Waals surface area contributed by atoms with Gasteiger partial charge in [0.15, 0.2) is 0 Å². The lowest BCUT2D eigenvalue weighted by Crippen LogP contribution is -1.93. The monoisotopic (exact) mass is 219 g/mol. The molecule has 3 nitrogen and oxygen atoms in total. The molecule has 4 heteroatoms. The molecule has 0 N–H and O–H groups in total. The highest BCUT2D eigenvalue weighted by molar-refractivity contribution is 7.16. The molecular weight excluding hydrogens is 210 g/mol. The van der Waals surface area contributed by atoms with Crippen LogP contribution in [0, 0.1) is 0 Å². The first-order valence-electron chi connectivity index (χ1n) is 4.39. The Bertz CT molecular complexity index is 516. The highest BCUT2D eigenvalue weighted by Crippen LogP contribution is 2.19. The van der Waals surface area contributed by atoms with Crippen LogP contribution in [0.5, 0.6) is 0 Å². The average Bonchev–Trinajstić information content (AvgIpc) is 2.72. The zero-order valence-corrected chi connectivity index (χ0v) is 8.95. The fraction of sp³-hybridized carbons (Fsp3) is 0.0909. The van der Waals surface area contributed by atoms with Crippen LogP contribution in [-0.4, -0.2) is 18.1 Å². The number of nitrogens with zero attached hydrogens (tertiary/aromatic N) is 1. The van der Waals surface area contributed by atoms with Crippen LogP contribution in [0.2, 0.25) is 0 Å². The van der Waals surface area contributed by atoms with Crippen molar-refractivity contribution in [2.75, 3.05) is 7.11 Å². The lowest BCUT2D eigenvalue weighted by molar-refractivity contribution is -0.134. The van der Waals surface area contributed by atoms with Crippen molar-refractivity contribution in [1.29, 1.82) is 0 Å². The van der Waals surface area contributed by atoms with Gasteiger partial charge in [-0.05, 0) is 23.8 Å². The van der Waals surface area contributed by atoms with E-state index >= 15 is 0 Å². The third-order valence-corrected chi connectivity index (χ3v) is 2.78. The molecule has 0 spiro atoms. The van der Waals surface area contributed by atoms with Gasteiger partial charge >= 0.3 is 5.97 Å². The molecule has 1 aromatic carbocycles. The lowest BCUT2D eigenvalue weighted by atomic mass is 10.2. The maximum absolute atomic E-state index is 10.9. The van der Waals surface area contributed by atoms with E-state index in [4.69, 9.17) is 0 Å². The standard InChI is InChI=1S/C11H9NO2S/c1-14-11(13)5-3-8-2-4-10-9(6-8)12-7-15-10/h2-7H,1H3. The van der Waals surface area contributed by atoms with Gasteiger partial charge in [0.05, 0.1) is 22.8 Å². The van der Waals surface area contributed by atoms with E-state index < -0.39 is 0 Å². The summed E-state index contributed by atoms with van der Waals surface area (Å²) in [4.78, 5) is 15.1. The van der Waals surface area contributed by atoms with Crippen molar-refractivity contribution >= 4 is 33.6 Å². The number of thiazole rings is 1. The molecular formula is C11H9NO2S. The van der Waals surface area contributed by atoms with E-state index in [1.54, 1.807) is 22.9 Å². The smallest absolute Gasteiger partial charge is 0.330 e. The molecule has 0 atom stereocenters. The fourth-order valence-electron chi connectivity index (χ4n) is 1.21. The molecule has 0 aliphatic rings. The number of hydrogen-bond donors (Lipinski definition) is 0. The van der Waals surface area contributed by atoms with E-state index in [1.165, 1.54) is 13.2 Å². The molecule has 76 valence electrons. The van der Waals surface area contributed by atoms with Crippen LogP contribution >= 0.6 is 11.3 Å². The van der Waals surface area contributed by atoms with Crippen LogP contribution in [0.25, 0.3) is 16.3 Å². The van der Waals surface area contributed by atoms with Gasteiger partial charge in [0, 0.05) is 6.08 Å². The molecule has 0 bridgehead atoms. The minimum atomic E-state index is -0.353. The van der Waals surface area contributed by atoms with Gasteiger partial charge in [0.2, 0.25) is 0 Å². The van der Waals surface area contributed by atoms with Crippen molar-refractivity contribution in [2.45, 2.75) is 0 Å². The second-order valence-electron chi connectivity index (χ2n) is 2.94. The van der Waals surface area contributed by atoms with Crippen molar-refractivity contribution < 1.29 is 9.53 Å². The number of hydrogen-bond acceptors (Lipinski definition) is 4. The van der Waals surface area contributed by atoms with Crippen molar-refractivity contribution in [1.82, 2.24) is 4.98 Å². The maximum Gasteiger partial charge on any atom is 0.330 e. The number of ether oxygens (including phenoxy) is 1. The van der Waals surface area contributed by atoms with Gasteiger partial charge in [-0.1, -0.05) is 6.07 Å². The second kappa shape index (κ2) is 4.23. The van der Waals surface area contributed by atoms with Crippen LogP contribution in [0.4, 0.5) is 0 Å². The minimum Gasteiger partial charge on any atom is -0.466 e. The number of rotatable bonds is 2. The highest BCUT2D eigenvalue weighted by atomic mass is 32.1. The molecule has 0 unspecified atom stereocenters. The summed E-state index contributed by atoms with van der Waals surface area (Å²) in [6.45, 7) is 0. The summed E-state index contributed by atoms with van der Waals surface area (Å²) in [7, 11) is 1.36. The summed E-state index contributed by atoms with van der Waals surface area (Å²) >= 11 is 1.60. The predicted octanol–water partition coefficient (Wildman–Crippen LogP) is 2.48. The van der Waals surface area contributed by atoms with Crippen molar-refractivity contribution in [3.05, 3.63) is 35.3 Å². The zero-order chi connectivity index (χ0) is 10.7. The molecule has 0 aliphatic heterocycles. The molecule has 1 aromatic heterocycles. The van der Waals surface area contributed by atoms with Crippen LogP contribution in [0.3, 0.4) is 0 Å².